The molecule has 0 spiro atoms. The van der Waals surface area contributed by atoms with E-state index >= 15 is 0 Å². The summed E-state index contributed by atoms with van der Waals surface area (Å²) in [6.07, 6.45) is 0. The number of thioether (sulfide) groups is 1. The second-order valence-electron chi connectivity index (χ2n) is 6.21. The minimum Gasteiger partial charge on any atom is -0.497 e. The lowest BCUT2D eigenvalue weighted by Crippen LogP contribution is -2.12. The molecule has 0 aliphatic rings. The van der Waals surface area contributed by atoms with E-state index in [-0.39, 0.29) is 0 Å². The van der Waals surface area contributed by atoms with E-state index in [2.05, 4.69) is 73.1 Å². The van der Waals surface area contributed by atoms with Gasteiger partial charge in [-0.05, 0) is 50.0 Å². The van der Waals surface area contributed by atoms with Crippen LogP contribution in [0.3, 0.4) is 0 Å². The minimum atomic E-state index is 0.912. The van der Waals surface area contributed by atoms with Crippen LogP contribution >= 0.6 is 11.8 Å². The summed E-state index contributed by atoms with van der Waals surface area (Å²) in [4.78, 5) is 3.53. The molecule has 24 heavy (non-hydrogen) atoms. The van der Waals surface area contributed by atoms with Crippen LogP contribution in [0.25, 0.3) is 10.9 Å². The number of ether oxygens (including phenoxy) is 1. The molecule has 0 saturated heterocycles. The van der Waals surface area contributed by atoms with E-state index in [0.717, 1.165) is 18.0 Å². The van der Waals surface area contributed by atoms with E-state index in [9.17, 15) is 0 Å². The van der Waals surface area contributed by atoms with Gasteiger partial charge in [0.25, 0.3) is 0 Å². The molecule has 0 bridgehead atoms. The van der Waals surface area contributed by atoms with Gasteiger partial charge < -0.3 is 14.2 Å². The van der Waals surface area contributed by atoms with Crippen molar-refractivity contribution in [2.24, 2.45) is 7.05 Å². The summed E-state index contributed by atoms with van der Waals surface area (Å²) in [6, 6.07) is 16.9. The number of benzene rings is 2. The fraction of sp³-hybridized carbons (Fsp3) is 0.300. The smallest absolute Gasteiger partial charge is 0.119 e. The molecular formula is C20H24N2OS. The Kier molecular flexibility index (Phi) is 5.17. The molecule has 0 atom stereocenters. The number of hydrogen-bond donors (Lipinski definition) is 0. The van der Waals surface area contributed by atoms with Crippen molar-refractivity contribution in [3.8, 4) is 5.75 Å². The fourth-order valence-corrected chi connectivity index (χ4v) is 4.05. The predicted molar refractivity (Wildman–Crippen MR) is 103 cm³/mol. The van der Waals surface area contributed by atoms with Crippen LogP contribution in [0.5, 0.6) is 5.75 Å². The molecule has 2 aromatic carbocycles. The number of rotatable bonds is 6. The van der Waals surface area contributed by atoms with Crippen molar-refractivity contribution in [3.05, 3.63) is 59.8 Å². The molecule has 4 heteroatoms. The van der Waals surface area contributed by atoms with E-state index in [4.69, 9.17) is 4.74 Å². The lowest BCUT2D eigenvalue weighted by molar-refractivity contribution is 0.402. The van der Waals surface area contributed by atoms with Crippen LogP contribution in [0, 0.1) is 0 Å². The summed E-state index contributed by atoms with van der Waals surface area (Å²) in [7, 11) is 8.12. The highest BCUT2D eigenvalue weighted by molar-refractivity contribution is 7.98. The van der Waals surface area contributed by atoms with Crippen LogP contribution in [-0.2, 0) is 19.3 Å². The van der Waals surface area contributed by atoms with Crippen LogP contribution in [0.15, 0.2) is 53.4 Å². The van der Waals surface area contributed by atoms with Crippen LogP contribution in [0.4, 0.5) is 0 Å². The van der Waals surface area contributed by atoms with Crippen molar-refractivity contribution in [1.82, 2.24) is 9.47 Å². The number of aromatic nitrogens is 1. The predicted octanol–water partition coefficient (Wildman–Crippen LogP) is 4.54. The Balaban J connectivity index is 2.02. The van der Waals surface area contributed by atoms with Crippen molar-refractivity contribution in [1.29, 1.82) is 0 Å². The summed E-state index contributed by atoms with van der Waals surface area (Å²) in [5.74, 6) is 1.87. The molecule has 3 rings (SSSR count). The van der Waals surface area contributed by atoms with Crippen LogP contribution in [-0.4, -0.2) is 30.7 Å². The third kappa shape index (κ3) is 3.45. The first kappa shape index (κ1) is 16.9. The SMILES string of the molecule is COc1ccc2c(c1)c(CN(C)C)c(CSc1ccccc1)n2C. The van der Waals surface area contributed by atoms with Gasteiger partial charge in [-0.15, -0.1) is 11.8 Å². The van der Waals surface area contributed by atoms with Crippen LogP contribution in [0.2, 0.25) is 0 Å². The number of aryl methyl sites for hydroxylation is 1. The second-order valence-corrected chi connectivity index (χ2v) is 7.26. The van der Waals surface area contributed by atoms with Gasteiger partial charge in [0, 0.05) is 40.8 Å². The molecule has 0 radical (unpaired) electrons. The Hall–Kier alpha value is -1.91. The van der Waals surface area contributed by atoms with Crippen molar-refractivity contribution in [2.75, 3.05) is 21.2 Å². The monoisotopic (exact) mass is 340 g/mol. The molecule has 0 fully saturated rings. The second kappa shape index (κ2) is 7.32. The minimum absolute atomic E-state index is 0.912. The highest BCUT2D eigenvalue weighted by Crippen LogP contribution is 2.33. The molecule has 0 N–H and O–H groups in total. The lowest BCUT2D eigenvalue weighted by atomic mass is 10.1. The van der Waals surface area contributed by atoms with E-state index in [1.165, 1.54) is 27.1 Å². The van der Waals surface area contributed by atoms with E-state index < -0.39 is 0 Å². The molecule has 0 unspecified atom stereocenters. The summed E-state index contributed by atoms with van der Waals surface area (Å²) < 4.78 is 7.76. The maximum absolute atomic E-state index is 5.43. The largest absolute Gasteiger partial charge is 0.497 e. The zero-order valence-electron chi connectivity index (χ0n) is 14.7. The third-order valence-electron chi connectivity index (χ3n) is 4.24. The van der Waals surface area contributed by atoms with Gasteiger partial charge in [0.1, 0.15) is 5.75 Å². The van der Waals surface area contributed by atoms with Gasteiger partial charge in [-0.25, -0.2) is 0 Å². The number of fused-ring (bicyclic) bond motifs is 1. The molecular weight excluding hydrogens is 316 g/mol. The summed E-state index contributed by atoms with van der Waals surface area (Å²) in [6.45, 7) is 0.926. The van der Waals surface area contributed by atoms with E-state index in [0.29, 0.717) is 0 Å². The molecule has 1 aromatic heterocycles. The summed E-state index contributed by atoms with van der Waals surface area (Å²) >= 11 is 1.88. The fourth-order valence-electron chi connectivity index (χ4n) is 3.02. The Morgan fingerprint density at radius 1 is 1.08 bits per heavy atom. The van der Waals surface area contributed by atoms with Gasteiger partial charge >= 0.3 is 0 Å². The summed E-state index contributed by atoms with van der Waals surface area (Å²) in [5, 5.41) is 1.29. The van der Waals surface area contributed by atoms with Gasteiger partial charge in [-0.1, -0.05) is 18.2 Å². The molecule has 3 aromatic rings. The van der Waals surface area contributed by atoms with Crippen molar-refractivity contribution in [3.63, 3.8) is 0 Å². The number of hydrogen-bond acceptors (Lipinski definition) is 3. The average Bonchev–Trinajstić information content (AvgIpc) is 2.85. The van der Waals surface area contributed by atoms with Gasteiger partial charge in [0.2, 0.25) is 0 Å². The first-order chi connectivity index (χ1) is 11.6. The molecule has 0 aliphatic carbocycles. The number of methoxy groups -OCH3 is 1. The average molecular weight is 340 g/mol. The normalized spacial score (nSPS) is 11.4. The van der Waals surface area contributed by atoms with Gasteiger partial charge in [0.05, 0.1) is 7.11 Å². The van der Waals surface area contributed by atoms with Crippen molar-refractivity contribution < 1.29 is 4.74 Å². The standard InChI is InChI=1S/C20H24N2OS/c1-21(2)13-18-17-12-15(23-4)10-11-19(17)22(3)20(18)14-24-16-8-6-5-7-9-16/h5-12H,13-14H2,1-4H3. The van der Waals surface area contributed by atoms with Crippen molar-refractivity contribution >= 4 is 22.7 Å². The Bertz CT molecular complexity index is 825. The molecule has 0 saturated carbocycles. The topological polar surface area (TPSA) is 17.4 Å². The van der Waals surface area contributed by atoms with E-state index in [1.54, 1.807) is 7.11 Å². The maximum atomic E-state index is 5.43. The Morgan fingerprint density at radius 2 is 1.83 bits per heavy atom. The lowest BCUT2D eigenvalue weighted by Gasteiger charge is -2.12. The maximum Gasteiger partial charge on any atom is 0.119 e. The molecule has 3 nitrogen and oxygen atoms in total. The molecule has 0 aliphatic heterocycles. The zero-order chi connectivity index (χ0) is 17.1. The van der Waals surface area contributed by atoms with Crippen molar-refractivity contribution in [2.45, 2.75) is 17.2 Å². The third-order valence-corrected chi connectivity index (χ3v) is 5.26. The molecule has 0 amide bonds. The molecule has 1 heterocycles. The highest BCUT2D eigenvalue weighted by atomic mass is 32.2. The first-order valence-electron chi connectivity index (χ1n) is 8.07. The number of nitrogens with zero attached hydrogens (tertiary/aromatic N) is 2. The summed E-state index contributed by atoms with van der Waals surface area (Å²) in [5.41, 5.74) is 4.02. The zero-order valence-corrected chi connectivity index (χ0v) is 15.6. The van der Waals surface area contributed by atoms with Gasteiger partial charge in [-0.2, -0.15) is 0 Å². The van der Waals surface area contributed by atoms with Gasteiger partial charge in [-0.3, -0.25) is 0 Å². The Morgan fingerprint density at radius 3 is 2.50 bits per heavy atom. The van der Waals surface area contributed by atoms with E-state index in [1.807, 2.05) is 17.8 Å². The van der Waals surface area contributed by atoms with Crippen LogP contribution < -0.4 is 4.74 Å². The van der Waals surface area contributed by atoms with Gasteiger partial charge in [0.15, 0.2) is 0 Å². The quantitative estimate of drug-likeness (QED) is 0.613. The molecule has 126 valence electrons. The first-order valence-corrected chi connectivity index (χ1v) is 9.05. The van der Waals surface area contributed by atoms with Crippen LogP contribution in [0.1, 0.15) is 11.3 Å². The Labute approximate surface area is 148 Å². The highest BCUT2D eigenvalue weighted by Gasteiger charge is 2.16.